The van der Waals surface area contributed by atoms with Crippen molar-refractivity contribution in [3.63, 3.8) is 0 Å². The van der Waals surface area contributed by atoms with E-state index < -0.39 is 12.0 Å². The fourth-order valence-corrected chi connectivity index (χ4v) is 2.77. The Morgan fingerprint density at radius 3 is 2.14 bits per heavy atom. The molecule has 0 spiro atoms. The Bertz CT molecular complexity index is 843. The number of aromatic carboxylic acids is 1. The van der Waals surface area contributed by atoms with Gasteiger partial charge in [-0.05, 0) is 42.0 Å². The van der Waals surface area contributed by atoms with Gasteiger partial charge in [-0.3, -0.25) is 4.79 Å². The first kappa shape index (κ1) is 19.4. The summed E-state index contributed by atoms with van der Waals surface area (Å²) in [4.78, 5) is 37.0. The molecule has 0 atom stereocenters. The maximum absolute atomic E-state index is 12.4. The van der Waals surface area contributed by atoms with E-state index in [-0.39, 0.29) is 18.0 Å². The van der Waals surface area contributed by atoms with Crippen molar-refractivity contribution in [1.82, 2.24) is 10.2 Å². The van der Waals surface area contributed by atoms with Crippen molar-refractivity contribution >= 4 is 23.6 Å². The van der Waals surface area contributed by atoms with Gasteiger partial charge in [0.15, 0.2) is 0 Å². The van der Waals surface area contributed by atoms with Crippen LogP contribution in [-0.2, 0) is 11.3 Å². The molecule has 0 bridgehead atoms. The largest absolute Gasteiger partial charge is 0.478 e. The summed E-state index contributed by atoms with van der Waals surface area (Å²) < 4.78 is 5.25. The van der Waals surface area contributed by atoms with E-state index in [2.05, 4.69) is 10.6 Å². The summed E-state index contributed by atoms with van der Waals surface area (Å²) in [5.74, 6) is -1.04. The van der Waals surface area contributed by atoms with Crippen LogP contribution in [0.1, 0.15) is 26.3 Å². The van der Waals surface area contributed by atoms with Crippen molar-refractivity contribution in [2.24, 2.45) is 0 Å². The summed E-state index contributed by atoms with van der Waals surface area (Å²) in [5, 5.41) is 14.3. The standard InChI is InChI=1S/C20H21N3O5/c24-18(23-9-11-28-12-10-23)15-5-7-17(8-6-15)22-20(27)21-13-14-1-3-16(4-2-14)19(25)26/h1-8H,9-13H2,(H,25,26)(H2,21,22,27). The average Bonchev–Trinajstić information content (AvgIpc) is 2.73. The van der Waals surface area contributed by atoms with E-state index in [0.29, 0.717) is 37.6 Å². The molecule has 1 aliphatic rings. The highest BCUT2D eigenvalue weighted by atomic mass is 16.5. The molecule has 146 valence electrons. The Morgan fingerprint density at radius 2 is 1.54 bits per heavy atom. The Hall–Kier alpha value is -3.39. The lowest BCUT2D eigenvalue weighted by molar-refractivity contribution is 0.0303. The van der Waals surface area contributed by atoms with Crippen LogP contribution in [0.4, 0.5) is 10.5 Å². The number of morpholine rings is 1. The van der Waals surface area contributed by atoms with Gasteiger partial charge in [0.1, 0.15) is 0 Å². The lowest BCUT2D eigenvalue weighted by Gasteiger charge is -2.26. The van der Waals surface area contributed by atoms with Gasteiger partial charge in [0.2, 0.25) is 0 Å². The quantitative estimate of drug-likeness (QED) is 0.733. The summed E-state index contributed by atoms with van der Waals surface area (Å²) in [6.07, 6.45) is 0. The Balaban J connectivity index is 1.49. The number of ether oxygens (including phenoxy) is 1. The van der Waals surface area contributed by atoms with Crippen LogP contribution in [0.25, 0.3) is 0 Å². The van der Waals surface area contributed by atoms with Gasteiger partial charge in [-0.25, -0.2) is 9.59 Å². The highest BCUT2D eigenvalue weighted by Gasteiger charge is 2.18. The first-order valence-corrected chi connectivity index (χ1v) is 8.87. The predicted molar refractivity (Wildman–Crippen MR) is 102 cm³/mol. The number of rotatable bonds is 5. The summed E-state index contributed by atoms with van der Waals surface area (Å²) in [6.45, 7) is 2.51. The first-order valence-electron chi connectivity index (χ1n) is 8.87. The summed E-state index contributed by atoms with van der Waals surface area (Å²) in [6, 6.07) is 12.6. The lowest BCUT2D eigenvalue weighted by Crippen LogP contribution is -2.40. The number of hydrogen-bond donors (Lipinski definition) is 3. The molecule has 3 N–H and O–H groups in total. The maximum atomic E-state index is 12.4. The number of nitrogens with one attached hydrogen (secondary N) is 2. The number of urea groups is 1. The zero-order chi connectivity index (χ0) is 19.9. The van der Waals surface area contributed by atoms with Crippen molar-refractivity contribution < 1.29 is 24.2 Å². The van der Waals surface area contributed by atoms with Gasteiger partial charge < -0.3 is 25.4 Å². The number of carbonyl (C=O) groups is 3. The Labute approximate surface area is 162 Å². The molecule has 28 heavy (non-hydrogen) atoms. The van der Waals surface area contributed by atoms with Gasteiger partial charge in [0, 0.05) is 30.9 Å². The smallest absolute Gasteiger partial charge is 0.335 e. The molecule has 8 nitrogen and oxygen atoms in total. The van der Waals surface area contributed by atoms with Crippen LogP contribution >= 0.6 is 0 Å². The average molecular weight is 383 g/mol. The number of anilines is 1. The third-order valence-corrected chi connectivity index (χ3v) is 4.34. The van der Waals surface area contributed by atoms with E-state index in [9.17, 15) is 14.4 Å². The second kappa shape index (κ2) is 9.01. The van der Waals surface area contributed by atoms with E-state index >= 15 is 0 Å². The number of nitrogens with zero attached hydrogens (tertiary/aromatic N) is 1. The topological polar surface area (TPSA) is 108 Å². The van der Waals surface area contributed by atoms with Crippen LogP contribution in [0.15, 0.2) is 48.5 Å². The fourth-order valence-electron chi connectivity index (χ4n) is 2.77. The zero-order valence-corrected chi connectivity index (χ0v) is 15.2. The van der Waals surface area contributed by atoms with Crippen LogP contribution in [-0.4, -0.2) is 54.2 Å². The van der Waals surface area contributed by atoms with Crippen molar-refractivity contribution in [2.45, 2.75) is 6.54 Å². The molecule has 8 heteroatoms. The minimum Gasteiger partial charge on any atom is -0.478 e. The van der Waals surface area contributed by atoms with Crippen LogP contribution in [0.3, 0.4) is 0 Å². The van der Waals surface area contributed by atoms with E-state index in [1.165, 1.54) is 12.1 Å². The second-order valence-electron chi connectivity index (χ2n) is 6.29. The van der Waals surface area contributed by atoms with Crippen LogP contribution in [0.2, 0.25) is 0 Å². The van der Waals surface area contributed by atoms with Crippen LogP contribution < -0.4 is 10.6 Å². The molecule has 2 aromatic rings. The Kier molecular flexibility index (Phi) is 6.23. The van der Waals surface area contributed by atoms with Crippen molar-refractivity contribution in [2.75, 3.05) is 31.6 Å². The van der Waals surface area contributed by atoms with Gasteiger partial charge in [0.05, 0.1) is 18.8 Å². The zero-order valence-electron chi connectivity index (χ0n) is 15.2. The van der Waals surface area contributed by atoms with Crippen LogP contribution in [0, 0.1) is 0 Å². The molecule has 0 unspecified atom stereocenters. The van der Waals surface area contributed by atoms with Gasteiger partial charge in [-0.2, -0.15) is 0 Å². The molecule has 0 aliphatic carbocycles. The van der Waals surface area contributed by atoms with Crippen LogP contribution in [0.5, 0.6) is 0 Å². The molecule has 1 aliphatic heterocycles. The number of carboxylic acids is 1. The summed E-state index contributed by atoms with van der Waals surface area (Å²) >= 11 is 0. The molecular weight excluding hydrogens is 362 g/mol. The molecule has 2 aromatic carbocycles. The molecule has 1 fully saturated rings. The van der Waals surface area contributed by atoms with Crippen molar-refractivity contribution in [1.29, 1.82) is 0 Å². The molecule has 1 heterocycles. The predicted octanol–water partition coefficient (Wildman–Crippen LogP) is 2.18. The molecule has 0 radical (unpaired) electrons. The molecule has 1 saturated heterocycles. The van der Waals surface area contributed by atoms with Gasteiger partial charge in [0.25, 0.3) is 5.91 Å². The number of carboxylic acid groups (broad SMARTS) is 1. The molecular formula is C20H21N3O5. The SMILES string of the molecule is O=C(NCc1ccc(C(=O)O)cc1)Nc1ccc(C(=O)N2CCOCC2)cc1. The number of carbonyl (C=O) groups excluding carboxylic acids is 2. The second-order valence-corrected chi connectivity index (χ2v) is 6.29. The monoisotopic (exact) mass is 383 g/mol. The van der Waals surface area contributed by atoms with Gasteiger partial charge >= 0.3 is 12.0 Å². The number of hydrogen-bond acceptors (Lipinski definition) is 4. The fraction of sp³-hybridized carbons (Fsp3) is 0.250. The van der Waals surface area contributed by atoms with Gasteiger partial charge in [-0.15, -0.1) is 0 Å². The van der Waals surface area contributed by atoms with E-state index in [1.54, 1.807) is 41.3 Å². The van der Waals surface area contributed by atoms with Crippen molar-refractivity contribution in [3.8, 4) is 0 Å². The van der Waals surface area contributed by atoms with E-state index in [4.69, 9.17) is 9.84 Å². The summed E-state index contributed by atoms with van der Waals surface area (Å²) in [7, 11) is 0. The van der Waals surface area contributed by atoms with E-state index in [1.807, 2.05) is 0 Å². The maximum Gasteiger partial charge on any atom is 0.335 e. The third kappa shape index (κ3) is 5.08. The van der Waals surface area contributed by atoms with Gasteiger partial charge in [-0.1, -0.05) is 12.1 Å². The summed E-state index contributed by atoms with van der Waals surface area (Å²) in [5.41, 5.74) is 2.11. The number of amides is 3. The number of benzene rings is 2. The molecule has 3 rings (SSSR count). The van der Waals surface area contributed by atoms with E-state index in [0.717, 1.165) is 5.56 Å². The lowest BCUT2D eigenvalue weighted by atomic mass is 10.1. The minimum atomic E-state index is -0.993. The molecule has 0 aromatic heterocycles. The minimum absolute atomic E-state index is 0.0518. The molecule has 0 saturated carbocycles. The first-order chi connectivity index (χ1) is 13.5. The van der Waals surface area contributed by atoms with Crippen molar-refractivity contribution in [3.05, 3.63) is 65.2 Å². The Morgan fingerprint density at radius 1 is 0.929 bits per heavy atom. The third-order valence-electron chi connectivity index (χ3n) is 4.34. The normalized spacial score (nSPS) is 13.6. The highest BCUT2D eigenvalue weighted by molar-refractivity contribution is 5.95. The molecule has 3 amide bonds. The highest BCUT2D eigenvalue weighted by Crippen LogP contribution is 2.13.